The summed E-state index contributed by atoms with van der Waals surface area (Å²) in [6, 6.07) is 25.5. The molecule has 0 fully saturated rings. The number of rotatable bonds is 8. The maximum Gasteiger partial charge on any atom is 0.307 e. The second-order valence-corrected chi connectivity index (χ2v) is 12.6. The van der Waals surface area contributed by atoms with Gasteiger partial charge in [0, 0.05) is 26.8 Å². The largest absolute Gasteiger partial charge is 0.307 e. The van der Waals surface area contributed by atoms with Gasteiger partial charge in [0.1, 0.15) is 4.90 Å². The van der Waals surface area contributed by atoms with Crippen LogP contribution in [0.1, 0.15) is 11.1 Å². The molecule has 0 radical (unpaired) electrons. The van der Waals surface area contributed by atoms with Crippen LogP contribution in [-0.2, 0) is 13.7 Å². The van der Waals surface area contributed by atoms with Crippen LogP contribution in [0.4, 0.5) is 11.4 Å². The Balaban J connectivity index is 2.05. The molecule has 4 aromatic carbocycles. The molecule has 9 nitrogen and oxygen atoms in total. The highest BCUT2D eigenvalue weighted by atomic mass is 32.3. The fourth-order valence-electron chi connectivity index (χ4n) is 3.95. The molecule has 0 unspecified atom stereocenters. The van der Waals surface area contributed by atoms with E-state index in [-0.39, 0.29) is 0 Å². The first kappa shape index (κ1) is 26.0. The molecule has 11 heteroatoms. The molecule has 0 saturated heterocycles. The molecule has 0 aromatic heterocycles. The first-order valence-corrected chi connectivity index (χ1v) is 13.9. The van der Waals surface area contributed by atoms with Gasteiger partial charge in [-0.3, -0.25) is 20.2 Å². The van der Waals surface area contributed by atoms with Gasteiger partial charge in [0.05, 0.1) is 15.9 Å². The van der Waals surface area contributed by atoms with Gasteiger partial charge in [0.15, 0.2) is 0 Å². The Bertz CT molecular complexity index is 1520. The Labute approximate surface area is 215 Å². The van der Waals surface area contributed by atoms with Gasteiger partial charge in [-0.05, 0) is 60.1 Å². The standard InChI is InChI=1S/C26H22N2O7S2/c1-19-13-14-26(20(2)15-19)36(23-9-5-3-6-10-23,24-11-7-4-8-12-24)35-37(33,34)25-17-21(27(29)30)16-22(18-25)28(31)32/h3-18H,1-2H3. The topological polar surface area (TPSA) is 130 Å². The summed E-state index contributed by atoms with van der Waals surface area (Å²) in [6.45, 7) is 3.77. The minimum atomic E-state index is -4.77. The molecule has 4 rings (SSSR count). The third-order valence-corrected chi connectivity index (χ3v) is 10.9. The van der Waals surface area contributed by atoms with E-state index in [2.05, 4.69) is 0 Å². The van der Waals surface area contributed by atoms with Crippen LogP contribution >= 0.6 is 10.3 Å². The number of nitrogens with zero attached hydrogens (tertiary/aromatic N) is 2. The Morgan fingerprint density at radius 1 is 0.649 bits per heavy atom. The van der Waals surface area contributed by atoms with Gasteiger partial charge in [-0.25, -0.2) is 3.63 Å². The molecule has 0 amide bonds. The minimum Gasteiger partial charge on any atom is -0.258 e. The minimum absolute atomic E-state index is 0.566. The van der Waals surface area contributed by atoms with Crippen molar-refractivity contribution in [1.29, 1.82) is 0 Å². The SMILES string of the molecule is Cc1ccc(S(OS(=O)(=O)c2cc([N+](=O)[O-])cc([N+](=O)[O-])c2)(c2ccccc2)c2ccccc2)c(C)c1. The van der Waals surface area contributed by atoms with Gasteiger partial charge in [-0.15, -0.1) is 0 Å². The third kappa shape index (κ3) is 5.10. The van der Waals surface area contributed by atoms with E-state index < -0.39 is 46.5 Å². The fourth-order valence-corrected chi connectivity index (χ4v) is 9.42. The van der Waals surface area contributed by atoms with E-state index in [1.165, 1.54) is 0 Å². The van der Waals surface area contributed by atoms with Gasteiger partial charge in [0.2, 0.25) is 0 Å². The van der Waals surface area contributed by atoms with Crippen LogP contribution in [0, 0.1) is 34.1 Å². The molecule has 190 valence electrons. The molecule has 4 aromatic rings. The Morgan fingerprint density at radius 2 is 1.14 bits per heavy atom. The predicted molar refractivity (Wildman–Crippen MR) is 139 cm³/mol. The summed E-state index contributed by atoms with van der Waals surface area (Å²) in [7, 11) is -7.75. The summed E-state index contributed by atoms with van der Waals surface area (Å²) in [5, 5.41) is 22.9. The molecule has 0 aliphatic heterocycles. The van der Waals surface area contributed by atoms with Crippen LogP contribution in [0.3, 0.4) is 0 Å². The molecule has 0 aliphatic rings. The second kappa shape index (κ2) is 10.1. The molecule has 0 heterocycles. The second-order valence-electron chi connectivity index (χ2n) is 8.17. The first-order chi connectivity index (χ1) is 17.5. The van der Waals surface area contributed by atoms with Gasteiger partial charge in [0.25, 0.3) is 11.4 Å². The smallest absolute Gasteiger partial charge is 0.258 e. The van der Waals surface area contributed by atoms with Crippen molar-refractivity contribution in [3.63, 3.8) is 0 Å². The molecule has 0 aliphatic carbocycles. The average molecular weight is 539 g/mol. The maximum atomic E-state index is 13.8. The van der Waals surface area contributed by atoms with Crippen LogP contribution in [0.25, 0.3) is 0 Å². The van der Waals surface area contributed by atoms with Gasteiger partial charge < -0.3 is 0 Å². The van der Waals surface area contributed by atoms with E-state index in [0.717, 1.165) is 23.3 Å². The Morgan fingerprint density at radius 3 is 1.57 bits per heavy atom. The summed E-state index contributed by atoms with van der Waals surface area (Å²) in [4.78, 5) is 22.2. The van der Waals surface area contributed by atoms with Gasteiger partial charge in [-0.1, -0.05) is 54.1 Å². The monoisotopic (exact) mass is 538 g/mol. The molecule has 37 heavy (non-hydrogen) atoms. The van der Waals surface area contributed by atoms with Crippen molar-refractivity contribution in [2.45, 2.75) is 33.4 Å². The van der Waals surface area contributed by atoms with Crippen molar-refractivity contribution >= 4 is 31.8 Å². The molecule has 0 spiro atoms. The molecular weight excluding hydrogens is 516 g/mol. The zero-order valence-electron chi connectivity index (χ0n) is 19.8. The third-order valence-electron chi connectivity index (χ3n) is 5.57. The quantitative estimate of drug-likeness (QED) is 0.180. The normalized spacial score (nSPS) is 12.2. The summed E-state index contributed by atoms with van der Waals surface area (Å²) in [5.41, 5.74) is 0.279. The van der Waals surface area contributed by atoms with Crippen molar-refractivity contribution < 1.29 is 21.9 Å². The van der Waals surface area contributed by atoms with Crippen molar-refractivity contribution in [1.82, 2.24) is 0 Å². The summed E-state index contributed by atoms with van der Waals surface area (Å²) in [5.74, 6) is 0. The highest BCUT2D eigenvalue weighted by Gasteiger charge is 2.40. The zero-order valence-corrected chi connectivity index (χ0v) is 21.4. The van der Waals surface area contributed by atoms with E-state index in [4.69, 9.17) is 3.63 Å². The van der Waals surface area contributed by atoms with Crippen LogP contribution in [0.2, 0.25) is 0 Å². The number of hydrogen-bond acceptors (Lipinski definition) is 7. The summed E-state index contributed by atoms with van der Waals surface area (Å²) in [6.07, 6.45) is 0. The van der Waals surface area contributed by atoms with Crippen LogP contribution in [0.5, 0.6) is 0 Å². The molecule has 0 bridgehead atoms. The number of hydrogen-bond donors (Lipinski definition) is 0. The van der Waals surface area contributed by atoms with Crippen LogP contribution < -0.4 is 0 Å². The lowest BCUT2D eigenvalue weighted by Gasteiger charge is -2.40. The summed E-state index contributed by atoms with van der Waals surface area (Å²) >= 11 is 0. The Hall–Kier alpha value is -4.06. The molecule has 0 saturated carbocycles. The van der Waals surface area contributed by atoms with E-state index in [1.54, 1.807) is 60.7 Å². The van der Waals surface area contributed by atoms with Gasteiger partial charge >= 0.3 is 10.1 Å². The lowest BCUT2D eigenvalue weighted by Crippen LogP contribution is -2.16. The fraction of sp³-hybridized carbons (Fsp3) is 0.0769. The number of non-ortho nitro benzene ring substituents is 2. The predicted octanol–water partition coefficient (Wildman–Crippen LogP) is 6.72. The molecule has 0 N–H and O–H groups in total. The maximum absolute atomic E-state index is 13.8. The van der Waals surface area contributed by atoms with E-state index in [9.17, 15) is 28.6 Å². The van der Waals surface area contributed by atoms with E-state index in [0.29, 0.717) is 20.8 Å². The average Bonchev–Trinajstić information content (AvgIpc) is 2.88. The zero-order chi connectivity index (χ0) is 26.8. The van der Waals surface area contributed by atoms with Crippen molar-refractivity contribution in [2.75, 3.05) is 0 Å². The van der Waals surface area contributed by atoms with Crippen molar-refractivity contribution in [3.8, 4) is 0 Å². The van der Waals surface area contributed by atoms with Crippen LogP contribution in [0.15, 0.2) is 117 Å². The van der Waals surface area contributed by atoms with E-state index in [1.807, 2.05) is 32.0 Å². The van der Waals surface area contributed by atoms with E-state index >= 15 is 0 Å². The highest BCUT2D eigenvalue weighted by molar-refractivity contribution is 8.33. The number of nitro groups is 2. The summed E-state index contributed by atoms with van der Waals surface area (Å²) < 4.78 is 33.9. The lowest BCUT2D eigenvalue weighted by atomic mass is 10.2. The van der Waals surface area contributed by atoms with Crippen molar-refractivity contribution in [2.24, 2.45) is 0 Å². The molecule has 0 atom stereocenters. The number of nitro benzene ring substituents is 2. The first-order valence-electron chi connectivity index (χ1n) is 11.0. The van der Waals surface area contributed by atoms with Crippen molar-refractivity contribution in [3.05, 3.63) is 128 Å². The number of aryl methyl sites for hydroxylation is 2. The van der Waals surface area contributed by atoms with Crippen LogP contribution in [-0.4, -0.2) is 18.3 Å². The highest BCUT2D eigenvalue weighted by Crippen LogP contribution is 2.71. The number of benzene rings is 4. The Kier molecular flexibility index (Phi) is 7.12. The van der Waals surface area contributed by atoms with Gasteiger partial charge in [-0.2, -0.15) is 8.42 Å². The molecular formula is C26H22N2O7S2. The lowest BCUT2D eigenvalue weighted by molar-refractivity contribution is -0.394.